The monoisotopic (exact) mass is 427 g/mol. The Morgan fingerprint density at radius 1 is 1.09 bits per heavy atom. The third-order valence-electron chi connectivity index (χ3n) is 2.62. The summed E-state index contributed by atoms with van der Waals surface area (Å²) >= 11 is 14.4. The van der Waals surface area contributed by atoms with Gasteiger partial charge in [0, 0.05) is 10.0 Å². The van der Waals surface area contributed by atoms with Crippen LogP contribution in [0.3, 0.4) is 0 Å². The molecule has 0 spiro atoms. The van der Waals surface area contributed by atoms with Gasteiger partial charge >= 0.3 is 12.3 Å². The highest BCUT2D eigenvalue weighted by atomic mass is 79.9. The van der Waals surface area contributed by atoms with E-state index in [1.165, 1.54) is 24.3 Å². The summed E-state index contributed by atoms with van der Waals surface area (Å²) in [5, 5.41) is 2.35. The Morgan fingerprint density at radius 3 is 2.30 bits per heavy atom. The van der Waals surface area contributed by atoms with Gasteiger partial charge in [-0.1, -0.05) is 23.2 Å². The number of carbonyl (C=O) groups excluding carboxylic acids is 1. The number of anilines is 1. The Labute approximate surface area is 147 Å². The van der Waals surface area contributed by atoms with Crippen LogP contribution in [-0.2, 0) is 6.18 Å². The lowest BCUT2D eigenvalue weighted by molar-refractivity contribution is -0.136. The molecule has 0 unspecified atom stereocenters. The van der Waals surface area contributed by atoms with Gasteiger partial charge in [-0.15, -0.1) is 0 Å². The fourth-order valence-electron chi connectivity index (χ4n) is 1.65. The van der Waals surface area contributed by atoms with Crippen LogP contribution >= 0.6 is 39.1 Å². The molecule has 0 saturated carbocycles. The van der Waals surface area contributed by atoms with Gasteiger partial charge in [0.2, 0.25) is 0 Å². The minimum Gasteiger partial charge on any atom is -0.409 e. The van der Waals surface area contributed by atoms with Crippen molar-refractivity contribution in [3.05, 3.63) is 56.5 Å². The van der Waals surface area contributed by atoms with E-state index in [1.54, 1.807) is 0 Å². The predicted molar refractivity (Wildman–Crippen MR) is 85.3 cm³/mol. The number of nitrogens with one attached hydrogen (secondary N) is 1. The number of alkyl halides is 3. The van der Waals surface area contributed by atoms with E-state index in [1.807, 2.05) is 5.32 Å². The number of hydrogen-bond donors (Lipinski definition) is 1. The summed E-state index contributed by atoms with van der Waals surface area (Å²) in [5.41, 5.74) is -1.53. The van der Waals surface area contributed by atoms with Crippen LogP contribution in [-0.4, -0.2) is 6.09 Å². The Balaban J connectivity index is 2.21. The third kappa shape index (κ3) is 4.76. The molecule has 0 radical (unpaired) electrons. The topological polar surface area (TPSA) is 38.3 Å². The van der Waals surface area contributed by atoms with Crippen molar-refractivity contribution >= 4 is 50.9 Å². The van der Waals surface area contributed by atoms with Crippen molar-refractivity contribution in [3.63, 3.8) is 0 Å². The number of carbonyl (C=O) groups is 1. The molecule has 0 fully saturated rings. The van der Waals surface area contributed by atoms with Crippen LogP contribution in [0.25, 0.3) is 0 Å². The van der Waals surface area contributed by atoms with Crippen LogP contribution in [0.2, 0.25) is 10.0 Å². The highest BCUT2D eigenvalue weighted by Crippen LogP contribution is 2.36. The molecule has 122 valence electrons. The van der Waals surface area contributed by atoms with E-state index in [0.717, 1.165) is 12.1 Å². The molecule has 9 heteroatoms. The van der Waals surface area contributed by atoms with Crippen molar-refractivity contribution < 1.29 is 22.7 Å². The number of ether oxygens (including phenoxy) is 1. The second-order valence-corrected chi connectivity index (χ2v) is 6.00. The van der Waals surface area contributed by atoms with Gasteiger partial charge in [0.05, 0.1) is 15.7 Å². The maximum Gasteiger partial charge on any atom is 0.418 e. The second kappa shape index (κ2) is 6.98. The van der Waals surface area contributed by atoms with Crippen LogP contribution in [0.1, 0.15) is 5.56 Å². The molecule has 0 aromatic heterocycles. The summed E-state index contributed by atoms with van der Waals surface area (Å²) < 4.78 is 44.2. The normalized spacial score (nSPS) is 11.2. The SMILES string of the molecule is O=C(Nc1ccc(Cl)cc1C(F)(F)F)Oc1ccc(Cl)cc1Br. The summed E-state index contributed by atoms with van der Waals surface area (Å²) in [6, 6.07) is 7.34. The van der Waals surface area contributed by atoms with Gasteiger partial charge in [0.1, 0.15) is 5.75 Å². The molecule has 0 bridgehead atoms. The first-order valence-electron chi connectivity index (χ1n) is 5.97. The molecule has 0 saturated heterocycles. The molecular formula is C14H7BrCl2F3NO2. The highest BCUT2D eigenvalue weighted by molar-refractivity contribution is 9.10. The van der Waals surface area contributed by atoms with Gasteiger partial charge in [-0.25, -0.2) is 4.79 Å². The molecule has 1 N–H and O–H groups in total. The largest absolute Gasteiger partial charge is 0.418 e. The fourth-order valence-corrected chi connectivity index (χ4v) is 2.59. The summed E-state index contributed by atoms with van der Waals surface area (Å²) in [6.07, 6.45) is -5.75. The first-order chi connectivity index (χ1) is 10.7. The third-order valence-corrected chi connectivity index (χ3v) is 3.71. The molecule has 0 aliphatic carbocycles. The maximum atomic E-state index is 12.9. The molecule has 2 rings (SSSR count). The first kappa shape index (κ1) is 17.9. The Hall–Kier alpha value is -1.44. The number of amides is 1. The minimum absolute atomic E-state index is 0.100. The molecular weight excluding hydrogens is 422 g/mol. The van der Waals surface area contributed by atoms with Gasteiger partial charge in [0.25, 0.3) is 0 Å². The van der Waals surface area contributed by atoms with Gasteiger partial charge in [0.15, 0.2) is 0 Å². The molecule has 2 aromatic rings. The van der Waals surface area contributed by atoms with Crippen molar-refractivity contribution in [2.45, 2.75) is 6.18 Å². The molecule has 0 aliphatic heterocycles. The lowest BCUT2D eigenvalue weighted by atomic mass is 10.1. The van der Waals surface area contributed by atoms with Crippen LogP contribution in [0.15, 0.2) is 40.9 Å². The van der Waals surface area contributed by atoms with E-state index in [-0.39, 0.29) is 10.8 Å². The summed E-state index contributed by atoms with van der Waals surface area (Å²) in [7, 11) is 0. The zero-order chi connectivity index (χ0) is 17.2. The lowest BCUT2D eigenvalue weighted by Crippen LogP contribution is -2.20. The van der Waals surface area contributed by atoms with Crippen molar-refractivity contribution in [1.29, 1.82) is 0 Å². The number of benzene rings is 2. The minimum atomic E-state index is -4.67. The second-order valence-electron chi connectivity index (χ2n) is 4.28. The Morgan fingerprint density at radius 2 is 1.70 bits per heavy atom. The molecule has 0 heterocycles. The Bertz CT molecular complexity index is 753. The zero-order valence-corrected chi connectivity index (χ0v) is 14.1. The van der Waals surface area contributed by atoms with Gasteiger partial charge in [-0.05, 0) is 52.3 Å². The van der Waals surface area contributed by atoms with E-state index in [4.69, 9.17) is 27.9 Å². The van der Waals surface area contributed by atoms with Crippen molar-refractivity contribution in [3.8, 4) is 5.75 Å². The summed E-state index contributed by atoms with van der Waals surface area (Å²) in [4.78, 5) is 11.8. The van der Waals surface area contributed by atoms with Crippen molar-refractivity contribution in [1.82, 2.24) is 0 Å². The van der Waals surface area contributed by atoms with Crippen molar-refractivity contribution in [2.24, 2.45) is 0 Å². The van der Waals surface area contributed by atoms with E-state index >= 15 is 0 Å². The van der Waals surface area contributed by atoms with Gasteiger partial charge in [-0.3, -0.25) is 5.32 Å². The first-order valence-corrected chi connectivity index (χ1v) is 7.52. The van der Waals surface area contributed by atoms with Crippen molar-refractivity contribution in [2.75, 3.05) is 5.32 Å². The Kier molecular flexibility index (Phi) is 5.44. The number of hydrogen-bond acceptors (Lipinski definition) is 2. The zero-order valence-electron chi connectivity index (χ0n) is 11.0. The molecule has 1 amide bonds. The van der Waals surface area contributed by atoms with Gasteiger partial charge < -0.3 is 4.74 Å². The van der Waals surface area contributed by atoms with Gasteiger partial charge in [-0.2, -0.15) is 13.2 Å². The standard InChI is InChI=1S/C14H7BrCl2F3NO2/c15-10-6-8(17)2-4-12(10)23-13(22)21-11-3-1-7(16)5-9(11)14(18,19)20/h1-6H,(H,21,22). The van der Waals surface area contributed by atoms with E-state index in [0.29, 0.717) is 9.50 Å². The number of halogens is 6. The quantitative estimate of drug-likeness (QED) is 0.602. The molecule has 2 aromatic carbocycles. The number of rotatable bonds is 2. The van der Waals surface area contributed by atoms with Crippen LogP contribution in [0.4, 0.5) is 23.7 Å². The fraction of sp³-hybridized carbons (Fsp3) is 0.0714. The highest BCUT2D eigenvalue weighted by Gasteiger charge is 2.34. The van der Waals surface area contributed by atoms with Crippen LogP contribution in [0, 0.1) is 0 Å². The van der Waals surface area contributed by atoms with Crippen LogP contribution < -0.4 is 10.1 Å². The lowest BCUT2D eigenvalue weighted by Gasteiger charge is -2.14. The molecule has 3 nitrogen and oxygen atoms in total. The average Bonchev–Trinajstić information content (AvgIpc) is 2.43. The molecule has 0 atom stereocenters. The molecule has 0 aliphatic rings. The summed E-state index contributed by atoms with van der Waals surface area (Å²) in [6.45, 7) is 0. The predicted octanol–water partition coefficient (Wildman–Crippen LogP) is 6.39. The summed E-state index contributed by atoms with van der Waals surface area (Å²) in [5.74, 6) is 0.106. The van der Waals surface area contributed by atoms with E-state index in [2.05, 4.69) is 15.9 Å². The van der Waals surface area contributed by atoms with E-state index in [9.17, 15) is 18.0 Å². The molecule has 23 heavy (non-hydrogen) atoms. The maximum absolute atomic E-state index is 12.9. The smallest absolute Gasteiger partial charge is 0.409 e. The van der Waals surface area contributed by atoms with E-state index < -0.39 is 23.5 Å². The average molecular weight is 429 g/mol. The van der Waals surface area contributed by atoms with Crippen LogP contribution in [0.5, 0.6) is 5.75 Å².